The highest BCUT2D eigenvalue weighted by Gasteiger charge is 2.40. The van der Waals surface area contributed by atoms with E-state index in [0.717, 1.165) is 5.84 Å². The fraction of sp³-hybridized carbons (Fsp3) is 0.933. The van der Waals surface area contributed by atoms with Gasteiger partial charge in [0.05, 0.1) is 18.2 Å². The summed E-state index contributed by atoms with van der Waals surface area (Å²) in [5.41, 5.74) is 2.86. The molecule has 0 bridgehead atoms. The molecular formula is C15H29N3O. The normalized spacial score (nSPS) is 38.2. The van der Waals surface area contributed by atoms with Gasteiger partial charge >= 0.3 is 0 Å². The molecule has 19 heavy (non-hydrogen) atoms. The maximum Gasteiger partial charge on any atom is 0.117 e. The molecule has 2 rings (SSSR count). The number of nitrogens with two attached hydrogens (primary N) is 1. The third kappa shape index (κ3) is 3.48. The minimum atomic E-state index is 0.200. The Balaban J connectivity index is 2.09. The van der Waals surface area contributed by atoms with E-state index in [1.165, 1.54) is 38.5 Å². The zero-order chi connectivity index (χ0) is 13.8. The van der Waals surface area contributed by atoms with Crippen LogP contribution < -0.4 is 11.3 Å². The molecule has 0 amide bonds. The van der Waals surface area contributed by atoms with Gasteiger partial charge in [-0.1, -0.05) is 32.6 Å². The van der Waals surface area contributed by atoms with Crippen LogP contribution in [0.4, 0.5) is 0 Å². The van der Waals surface area contributed by atoms with Gasteiger partial charge in [-0.3, -0.25) is 4.99 Å². The number of hydrazine groups is 1. The summed E-state index contributed by atoms with van der Waals surface area (Å²) in [6, 6.07) is 0.448. The average Bonchev–Trinajstić information content (AvgIpc) is 2.61. The number of nitrogens with one attached hydrogen (secondary N) is 1. The summed E-state index contributed by atoms with van der Waals surface area (Å²) in [5.74, 6) is 7.47. The Bertz CT molecular complexity index is 311. The van der Waals surface area contributed by atoms with Gasteiger partial charge in [-0.2, -0.15) is 0 Å². The number of hydrogen-bond donors (Lipinski definition) is 2. The summed E-state index contributed by atoms with van der Waals surface area (Å²) in [7, 11) is 0. The predicted molar refractivity (Wildman–Crippen MR) is 78.9 cm³/mol. The van der Waals surface area contributed by atoms with Crippen LogP contribution >= 0.6 is 0 Å². The van der Waals surface area contributed by atoms with Crippen molar-refractivity contribution in [1.29, 1.82) is 0 Å². The number of rotatable bonds is 2. The van der Waals surface area contributed by atoms with E-state index in [-0.39, 0.29) is 12.2 Å². The van der Waals surface area contributed by atoms with Gasteiger partial charge in [0.1, 0.15) is 5.84 Å². The highest BCUT2D eigenvalue weighted by Crippen LogP contribution is 2.33. The number of nitrogens with zero attached hydrogens (tertiary/aromatic N) is 1. The summed E-state index contributed by atoms with van der Waals surface area (Å²) < 4.78 is 5.91. The minimum absolute atomic E-state index is 0.200. The van der Waals surface area contributed by atoms with Crippen LogP contribution in [0.25, 0.3) is 0 Å². The van der Waals surface area contributed by atoms with E-state index >= 15 is 0 Å². The third-order valence-corrected chi connectivity index (χ3v) is 4.85. The van der Waals surface area contributed by atoms with Crippen LogP contribution in [0.15, 0.2) is 4.99 Å². The van der Waals surface area contributed by atoms with E-state index in [1.807, 2.05) is 0 Å². The molecule has 4 nitrogen and oxygen atoms in total. The van der Waals surface area contributed by atoms with Crippen LogP contribution in [0, 0.1) is 11.8 Å². The fourth-order valence-electron chi connectivity index (χ4n) is 3.54. The number of hydrogen-bond acceptors (Lipinski definition) is 3. The molecule has 3 N–H and O–H groups in total. The van der Waals surface area contributed by atoms with E-state index in [1.54, 1.807) is 0 Å². The minimum Gasteiger partial charge on any atom is -0.374 e. The third-order valence-electron chi connectivity index (χ3n) is 4.85. The Morgan fingerprint density at radius 1 is 1.05 bits per heavy atom. The fourth-order valence-corrected chi connectivity index (χ4v) is 3.54. The molecule has 1 aliphatic heterocycles. The maximum absolute atomic E-state index is 5.91. The number of ether oxygens (including phenoxy) is 1. The van der Waals surface area contributed by atoms with E-state index in [2.05, 4.69) is 26.2 Å². The van der Waals surface area contributed by atoms with E-state index < -0.39 is 0 Å². The van der Waals surface area contributed by atoms with Crippen LogP contribution in [-0.4, -0.2) is 24.1 Å². The molecule has 1 saturated heterocycles. The molecule has 0 aromatic carbocycles. The largest absolute Gasteiger partial charge is 0.374 e. The summed E-state index contributed by atoms with van der Waals surface area (Å²) in [6.07, 6.45) is 8.21. The highest BCUT2D eigenvalue weighted by atomic mass is 16.5. The topological polar surface area (TPSA) is 59.6 Å². The first kappa shape index (κ1) is 14.8. The molecule has 0 spiro atoms. The van der Waals surface area contributed by atoms with Gasteiger partial charge in [-0.15, -0.1) is 0 Å². The van der Waals surface area contributed by atoms with Gasteiger partial charge < -0.3 is 10.2 Å². The lowest BCUT2D eigenvalue weighted by Crippen LogP contribution is -2.42. The molecule has 0 aromatic rings. The SMILES string of the molecule is CC1OC(C)C(C(=NC2CCCCCC2)NN)C1C. The second-order valence-corrected chi connectivity index (χ2v) is 6.24. The predicted octanol–water partition coefficient (Wildman–Crippen LogP) is 2.63. The second kappa shape index (κ2) is 6.71. The lowest BCUT2D eigenvalue weighted by molar-refractivity contribution is 0.0549. The Hall–Kier alpha value is -0.610. The van der Waals surface area contributed by atoms with Gasteiger partial charge in [-0.05, 0) is 32.6 Å². The second-order valence-electron chi connectivity index (χ2n) is 6.24. The Labute approximate surface area is 117 Å². The summed E-state index contributed by atoms with van der Waals surface area (Å²) >= 11 is 0. The molecule has 0 aromatic heterocycles. The van der Waals surface area contributed by atoms with Gasteiger partial charge in [-0.25, -0.2) is 5.84 Å². The first-order chi connectivity index (χ1) is 9.13. The molecule has 2 fully saturated rings. The summed E-state index contributed by atoms with van der Waals surface area (Å²) in [4.78, 5) is 4.93. The van der Waals surface area contributed by atoms with E-state index in [4.69, 9.17) is 15.6 Å². The van der Waals surface area contributed by atoms with Crippen molar-refractivity contribution in [3.05, 3.63) is 0 Å². The van der Waals surface area contributed by atoms with E-state index in [9.17, 15) is 0 Å². The van der Waals surface area contributed by atoms with Gasteiger partial charge in [0, 0.05) is 5.92 Å². The van der Waals surface area contributed by atoms with Crippen LogP contribution in [-0.2, 0) is 4.74 Å². The van der Waals surface area contributed by atoms with Crippen molar-refractivity contribution < 1.29 is 4.74 Å². The number of aliphatic imine (C=N–C) groups is 1. The molecule has 0 radical (unpaired) electrons. The van der Waals surface area contributed by atoms with Crippen LogP contribution in [0.1, 0.15) is 59.3 Å². The Morgan fingerprint density at radius 2 is 1.68 bits per heavy atom. The van der Waals surface area contributed by atoms with Crippen molar-refractivity contribution in [2.45, 2.75) is 77.5 Å². The van der Waals surface area contributed by atoms with Gasteiger partial charge in [0.25, 0.3) is 0 Å². The standard InChI is InChI=1S/C15H29N3O/c1-10-11(2)19-12(3)14(10)15(18-16)17-13-8-6-4-5-7-9-13/h10-14H,4-9,16H2,1-3H3,(H,17,18). The molecular weight excluding hydrogens is 238 g/mol. The van der Waals surface area contributed by atoms with Crippen molar-refractivity contribution in [3.8, 4) is 0 Å². The van der Waals surface area contributed by atoms with Crippen molar-refractivity contribution in [3.63, 3.8) is 0 Å². The average molecular weight is 267 g/mol. The van der Waals surface area contributed by atoms with Crippen LogP contribution in [0.3, 0.4) is 0 Å². The van der Waals surface area contributed by atoms with Crippen LogP contribution in [0.5, 0.6) is 0 Å². The molecule has 4 heteroatoms. The maximum atomic E-state index is 5.91. The first-order valence-corrected chi connectivity index (χ1v) is 7.83. The van der Waals surface area contributed by atoms with E-state index in [0.29, 0.717) is 17.9 Å². The molecule has 4 atom stereocenters. The molecule has 2 aliphatic rings. The van der Waals surface area contributed by atoms with Gasteiger partial charge in [0.15, 0.2) is 0 Å². The number of amidine groups is 1. The zero-order valence-electron chi connectivity index (χ0n) is 12.6. The van der Waals surface area contributed by atoms with Crippen LogP contribution in [0.2, 0.25) is 0 Å². The van der Waals surface area contributed by atoms with Crippen molar-refractivity contribution in [2.24, 2.45) is 22.7 Å². The molecule has 1 heterocycles. The smallest absolute Gasteiger partial charge is 0.117 e. The lowest BCUT2D eigenvalue weighted by atomic mass is 9.88. The van der Waals surface area contributed by atoms with Gasteiger partial charge in [0.2, 0.25) is 0 Å². The monoisotopic (exact) mass is 267 g/mol. The highest BCUT2D eigenvalue weighted by molar-refractivity contribution is 5.85. The summed E-state index contributed by atoms with van der Waals surface area (Å²) in [5, 5.41) is 0. The molecule has 4 unspecified atom stereocenters. The molecule has 1 saturated carbocycles. The first-order valence-electron chi connectivity index (χ1n) is 7.83. The van der Waals surface area contributed by atoms with Crippen molar-refractivity contribution >= 4 is 5.84 Å². The summed E-state index contributed by atoms with van der Waals surface area (Å²) in [6.45, 7) is 6.50. The van der Waals surface area contributed by atoms with Crippen molar-refractivity contribution in [2.75, 3.05) is 0 Å². The quantitative estimate of drug-likeness (QED) is 0.266. The molecule has 1 aliphatic carbocycles. The Morgan fingerprint density at radius 3 is 2.16 bits per heavy atom. The Kier molecular flexibility index (Phi) is 5.22. The molecule has 110 valence electrons. The lowest BCUT2D eigenvalue weighted by Gasteiger charge is -2.22. The van der Waals surface area contributed by atoms with Crippen molar-refractivity contribution in [1.82, 2.24) is 5.43 Å². The zero-order valence-corrected chi connectivity index (χ0v) is 12.6.